The van der Waals surface area contributed by atoms with E-state index in [4.69, 9.17) is 14.2 Å². The van der Waals surface area contributed by atoms with Crippen LogP contribution in [-0.2, 0) is 53.1 Å². The van der Waals surface area contributed by atoms with Gasteiger partial charge in [0.1, 0.15) is 45.5 Å². The van der Waals surface area contributed by atoms with Crippen LogP contribution in [0.15, 0.2) is 46.9 Å². The number of carbonyl (C=O) groups excluding carboxylic acids is 1. The maximum absolute atomic E-state index is 12.2. The molecule has 2 atom stereocenters. The van der Waals surface area contributed by atoms with E-state index >= 15 is 0 Å². The fraction of sp³-hybridized carbons (Fsp3) is 0.364. The molecule has 0 bridgehead atoms. The SMILES string of the molecule is CCOC(=O)C1CCc2c(sc3ncnc(Nc4cc5c(cc4OCC)CN=C5)c23)C1.CCOc1cc2c(cc1Nc1ncnc3sc4c(c13)CCC(C(=O)O)C4)C=NC2. The molecule has 14 nitrogen and oxygen atoms in total. The van der Waals surface area contributed by atoms with Crippen molar-refractivity contribution in [2.45, 2.75) is 72.4 Å². The molecule has 6 aromatic rings. The lowest BCUT2D eigenvalue weighted by molar-refractivity contribution is -0.148. The number of aliphatic imine (C=N–C) groups is 2. The van der Waals surface area contributed by atoms with Crippen molar-refractivity contribution in [2.24, 2.45) is 21.8 Å². The molecule has 0 radical (unpaired) electrons. The Bertz CT molecular complexity index is 2710. The molecule has 3 N–H and O–H groups in total. The minimum atomic E-state index is -0.723. The largest absolute Gasteiger partial charge is 0.492 e. The molecule has 60 heavy (non-hydrogen) atoms. The smallest absolute Gasteiger partial charge is 0.309 e. The summed E-state index contributed by atoms with van der Waals surface area (Å²) in [6, 6.07) is 8.21. The first-order valence-electron chi connectivity index (χ1n) is 20.3. The molecule has 0 fully saturated rings. The average molecular weight is 845 g/mol. The fourth-order valence-corrected chi connectivity index (χ4v) is 10.9. The maximum atomic E-state index is 12.2. The minimum absolute atomic E-state index is 0.0783. The number of aryl methyl sites for hydroxylation is 2. The number of esters is 1. The van der Waals surface area contributed by atoms with E-state index in [9.17, 15) is 14.7 Å². The molecule has 0 amide bonds. The number of fused-ring (bicyclic) bond motifs is 8. The number of anilines is 4. The molecule has 0 spiro atoms. The summed E-state index contributed by atoms with van der Waals surface area (Å²) in [5.41, 5.74) is 8.63. The molecule has 16 heteroatoms. The minimum Gasteiger partial charge on any atom is -0.492 e. The Hall–Kier alpha value is -6.00. The first-order valence-corrected chi connectivity index (χ1v) is 22.0. The van der Waals surface area contributed by atoms with E-state index in [1.54, 1.807) is 35.3 Å². The third-order valence-electron chi connectivity index (χ3n) is 11.2. The summed E-state index contributed by atoms with van der Waals surface area (Å²) in [5, 5.41) is 18.4. The van der Waals surface area contributed by atoms with E-state index in [2.05, 4.69) is 52.7 Å². The molecule has 4 aromatic heterocycles. The van der Waals surface area contributed by atoms with Gasteiger partial charge in [-0.05, 0) is 117 Å². The molecule has 10 rings (SSSR count). The van der Waals surface area contributed by atoms with Gasteiger partial charge in [-0.2, -0.15) is 0 Å². The van der Waals surface area contributed by atoms with E-state index < -0.39 is 5.97 Å². The highest BCUT2D eigenvalue weighted by Gasteiger charge is 2.31. The Morgan fingerprint density at radius 2 is 1.20 bits per heavy atom. The summed E-state index contributed by atoms with van der Waals surface area (Å²) < 4.78 is 17.0. The zero-order valence-electron chi connectivity index (χ0n) is 33.5. The lowest BCUT2D eigenvalue weighted by Crippen LogP contribution is -2.23. The van der Waals surface area contributed by atoms with Crippen molar-refractivity contribution in [1.82, 2.24) is 19.9 Å². The molecule has 308 valence electrons. The van der Waals surface area contributed by atoms with Crippen LogP contribution in [0.4, 0.5) is 23.0 Å². The molecular formula is C44H44N8O6S2. The predicted octanol–water partition coefficient (Wildman–Crippen LogP) is 8.39. The van der Waals surface area contributed by atoms with Gasteiger partial charge in [0.25, 0.3) is 0 Å². The van der Waals surface area contributed by atoms with Crippen LogP contribution in [0.3, 0.4) is 0 Å². The number of hydrogen-bond donors (Lipinski definition) is 3. The molecule has 2 unspecified atom stereocenters. The third-order valence-corrected chi connectivity index (χ3v) is 13.6. The Morgan fingerprint density at radius 3 is 1.68 bits per heavy atom. The highest BCUT2D eigenvalue weighted by Crippen LogP contribution is 2.44. The normalized spacial score (nSPS) is 17.0. The first-order chi connectivity index (χ1) is 29.3. The lowest BCUT2D eigenvalue weighted by Gasteiger charge is -2.21. The summed E-state index contributed by atoms with van der Waals surface area (Å²) in [6.07, 6.45) is 11.1. The van der Waals surface area contributed by atoms with Crippen LogP contribution in [0, 0.1) is 11.8 Å². The van der Waals surface area contributed by atoms with Gasteiger partial charge in [-0.25, -0.2) is 19.9 Å². The molecule has 2 aliphatic heterocycles. The lowest BCUT2D eigenvalue weighted by atomic mass is 9.88. The van der Waals surface area contributed by atoms with Crippen molar-refractivity contribution in [3.8, 4) is 11.5 Å². The van der Waals surface area contributed by atoms with E-state index in [0.29, 0.717) is 52.2 Å². The fourth-order valence-electron chi connectivity index (χ4n) is 8.36. The molecule has 0 saturated heterocycles. The van der Waals surface area contributed by atoms with Gasteiger partial charge in [0, 0.05) is 22.2 Å². The Kier molecular flexibility index (Phi) is 11.1. The van der Waals surface area contributed by atoms with E-state index in [1.807, 2.05) is 45.3 Å². The number of carboxylic acids is 1. The number of carboxylic acid groups (broad SMARTS) is 1. The zero-order chi connectivity index (χ0) is 41.3. The number of thiophene rings is 2. The summed E-state index contributed by atoms with van der Waals surface area (Å²) in [4.78, 5) is 54.5. The molecular weight excluding hydrogens is 801 g/mol. The third kappa shape index (κ3) is 7.65. The number of rotatable bonds is 11. The number of nitrogens with one attached hydrogen (secondary N) is 2. The van der Waals surface area contributed by atoms with Crippen LogP contribution in [0.2, 0.25) is 0 Å². The topological polar surface area (TPSA) is 182 Å². The Balaban J connectivity index is 0.000000154. The molecule has 4 aliphatic rings. The van der Waals surface area contributed by atoms with Crippen LogP contribution in [0.5, 0.6) is 11.5 Å². The highest BCUT2D eigenvalue weighted by molar-refractivity contribution is 7.19. The Labute approximate surface area is 354 Å². The van der Waals surface area contributed by atoms with Crippen molar-refractivity contribution in [3.05, 3.63) is 80.1 Å². The van der Waals surface area contributed by atoms with Crippen LogP contribution in [-0.4, -0.2) is 69.2 Å². The quantitative estimate of drug-likeness (QED) is 0.106. The first kappa shape index (κ1) is 39.5. The number of ether oxygens (including phenoxy) is 3. The number of aromatic nitrogens is 4. The van der Waals surface area contributed by atoms with E-state index in [1.165, 1.54) is 21.6 Å². The van der Waals surface area contributed by atoms with Crippen LogP contribution in [0.1, 0.15) is 76.7 Å². The van der Waals surface area contributed by atoms with Gasteiger partial charge in [0.15, 0.2) is 0 Å². The predicted molar refractivity (Wildman–Crippen MR) is 235 cm³/mol. The summed E-state index contributed by atoms with van der Waals surface area (Å²) in [5.74, 6) is 1.86. The van der Waals surface area contributed by atoms with Gasteiger partial charge in [-0.15, -0.1) is 22.7 Å². The van der Waals surface area contributed by atoms with Crippen molar-refractivity contribution in [1.29, 1.82) is 0 Å². The van der Waals surface area contributed by atoms with Gasteiger partial charge < -0.3 is 30.0 Å². The standard InChI is InChI=1S/C23H24N4O3S.C21H20N4O3S/c1-3-29-18-8-15-11-24-10-14(15)7-17(18)27-21-20-16-6-5-13(23(28)30-4-2)9-19(16)31-22(20)26-12-25-21;1-2-28-16-6-13-9-22-8-12(13)5-15(16)25-19-18-14-4-3-11(21(26)27)7-17(14)29-20(18)24-10-23-19/h7-8,10,12-13H,3-6,9,11H2,1-2H3,(H,25,26,27);5-6,8,10-11H,2-4,7,9H2,1H3,(H,26,27)(H,23,24,25). The molecule has 6 heterocycles. The molecule has 2 aromatic carbocycles. The van der Waals surface area contributed by atoms with Gasteiger partial charge >= 0.3 is 11.9 Å². The van der Waals surface area contributed by atoms with Gasteiger partial charge in [-0.1, -0.05) is 0 Å². The van der Waals surface area contributed by atoms with E-state index in [-0.39, 0.29) is 17.8 Å². The van der Waals surface area contributed by atoms with Gasteiger partial charge in [0.2, 0.25) is 0 Å². The average Bonchev–Trinajstić information content (AvgIpc) is 4.06. The maximum Gasteiger partial charge on any atom is 0.309 e. The highest BCUT2D eigenvalue weighted by atomic mass is 32.1. The summed E-state index contributed by atoms with van der Waals surface area (Å²) >= 11 is 3.22. The second-order valence-corrected chi connectivity index (χ2v) is 17.1. The number of aliphatic carboxylic acids is 1. The van der Waals surface area contributed by atoms with E-state index in [0.717, 1.165) is 95.8 Å². The summed E-state index contributed by atoms with van der Waals surface area (Å²) in [7, 11) is 0. The van der Waals surface area contributed by atoms with Crippen LogP contribution < -0.4 is 20.1 Å². The second-order valence-electron chi connectivity index (χ2n) is 14.9. The van der Waals surface area contributed by atoms with Crippen molar-refractivity contribution in [2.75, 3.05) is 30.5 Å². The monoisotopic (exact) mass is 844 g/mol. The van der Waals surface area contributed by atoms with Crippen molar-refractivity contribution >= 4 is 90.5 Å². The van der Waals surface area contributed by atoms with Crippen molar-refractivity contribution < 1.29 is 28.9 Å². The molecule has 2 aliphatic carbocycles. The van der Waals surface area contributed by atoms with Crippen LogP contribution >= 0.6 is 22.7 Å². The van der Waals surface area contributed by atoms with Gasteiger partial charge in [0.05, 0.1) is 66.9 Å². The van der Waals surface area contributed by atoms with Crippen molar-refractivity contribution in [3.63, 3.8) is 0 Å². The molecule has 0 saturated carbocycles. The number of nitrogens with zero attached hydrogens (tertiary/aromatic N) is 6. The second kappa shape index (κ2) is 16.9. The summed E-state index contributed by atoms with van der Waals surface area (Å²) in [6.45, 7) is 8.72. The number of hydrogen-bond acceptors (Lipinski definition) is 15. The zero-order valence-corrected chi connectivity index (χ0v) is 35.2. The number of carbonyl (C=O) groups is 2. The Morgan fingerprint density at radius 1 is 0.700 bits per heavy atom. The number of benzene rings is 2. The van der Waals surface area contributed by atoms with Crippen LogP contribution in [0.25, 0.3) is 20.4 Å². The van der Waals surface area contributed by atoms with Gasteiger partial charge in [-0.3, -0.25) is 19.6 Å².